The Morgan fingerprint density at radius 1 is 1.05 bits per heavy atom. The average Bonchev–Trinajstić information content (AvgIpc) is 2.39. The number of nitrogen functional groups attached to an aromatic ring is 1. The molecule has 0 fully saturated rings. The fourth-order valence-electron chi connectivity index (χ4n) is 2.69. The molecule has 2 aromatic carbocycles. The molecule has 2 N–H and O–H groups in total. The van der Waals surface area contributed by atoms with Gasteiger partial charge in [-0.25, -0.2) is 0 Å². The molecule has 102 valence electrons. The highest BCUT2D eigenvalue weighted by Crippen LogP contribution is 2.34. The molecule has 2 aromatic rings. The molecule has 0 bridgehead atoms. The Morgan fingerprint density at radius 2 is 1.79 bits per heavy atom. The lowest BCUT2D eigenvalue weighted by Gasteiger charge is -2.26. The zero-order chi connectivity index (χ0) is 13.9. The van der Waals surface area contributed by atoms with Gasteiger partial charge in [-0.3, -0.25) is 0 Å². The van der Waals surface area contributed by atoms with Gasteiger partial charge in [0, 0.05) is 11.1 Å². The maximum absolute atomic E-state index is 6.21. The van der Waals surface area contributed by atoms with Crippen LogP contribution in [0.1, 0.15) is 52.0 Å². The molecule has 0 unspecified atom stereocenters. The minimum Gasteiger partial charge on any atom is -0.398 e. The van der Waals surface area contributed by atoms with Crippen LogP contribution >= 0.6 is 0 Å². The molecule has 19 heavy (non-hydrogen) atoms. The van der Waals surface area contributed by atoms with Gasteiger partial charge < -0.3 is 5.73 Å². The Balaban J connectivity index is 2.34. The van der Waals surface area contributed by atoms with E-state index in [4.69, 9.17) is 5.73 Å². The molecular formula is C18H25N. The molecular weight excluding hydrogens is 230 g/mol. The van der Waals surface area contributed by atoms with Crippen LogP contribution < -0.4 is 5.73 Å². The molecule has 0 atom stereocenters. The Morgan fingerprint density at radius 3 is 2.53 bits per heavy atom. The van der Waals surface area contributed by atoms with Gasteiger partial charge in [-0.1, -0.05) is 70.4 Å². The van der Waals surface area contributed by atoms with E-state index in [1.165, 1.54) is 36.6 Å². The van der Waals surface area contributed by atoms with Gasteiger partial charge in [0.15, 0.2) is 0 Å². The second-order valence-electron chi connectivity index (χ2n) is 6.13. The summed E-state index contributed by atoms with van der Waals surface area (Å²) in [6.07, 6.45) is 5.09. The van der Waals surface area contributed by atoms with Crippen molar-refractivity contribution in [1.82, 2.24) is 0 Å². The lowest BCUT2D eigenvalue weighted by Crippen LogP contribution is -2.17. The first-order valence-corrected chi connectivity index (χ1v) is 7.33. The summed E-state index contributed by atoms with van der Waals surface area (Å²) in [4.78, 5) is 0. The van der Waals surface area contributed by atoms with E-state index in [-0.39, 0.29) is 5.41 Å². The molecule has 0 saturated carbocycles. The highest BCUT2D eigenvalue weighted by atomic mass is 14.6. The molecule has 0 amide bonds. The van der Waals surface area contributed by atoms with Crippen molar-refractivity contribution in [3.63, 3.8) is 0 Å². The van der Waals surface area contributed by atoms with Crippen LogP contribution in [0.4, 0.5) is 5.69 Å². The molecule has 0 saturated heterocycles. The fraction of sp³-hybridized carbons (Fsp3) is 0.444. The summed E-state index contributed by atoms with van der Waals surface area (Å²) in [5.41, 5.74) is 8.67. The van der Waals surface area contributed by atoms with Gasteiger partial charge in [-0.2, -0.15) is 0 Å². The lowest BCUT2D eigenvalue weighted by molar-refractivity contribution is 0.451. The third kappa shape index (κ3) is 3.09. The number of rotatable bonds is 5. The smallest absolute Gasteiger partial charge is 0.0396 e. The summed E-state index contributed by atoms with van der Waals surface area (Å²) in [6, 6.07) is 12.8. The van der Waals surface area contributed by atoms with E-state index < -0.39 is 0 Å². The number of benzene rings is 2. The van der Waals surface area contributed by atoms with Crippen molar-refractivity contribution >= 4 is 16.5 Å². The molecule has 1 heteroatoms. The van der Waals surface area contributed by atoms with Crippen molar-refractivity contribution in [2.24, 2.45) is 0 Å². The minimum absolute atomic E-state index is 0.202. The SMILES string of the molecule is CCCCCC(C)(C)c1cc(N)c2ccccc2c1. The molecule has 0 heterocycles. The van der Waals surface area contributed by atoms with E-state index >= 15 is 0 Å². The van der Waals surface area contributed by atoms with E-state index in [9.17, 15) is 0 Å². The molecule has 0 aromatic heterocycles. The number of unbranched alkanes of at least 4 members (excludes halogenated alkanes) is 2. The van der Waals surface area contributed by atoms with Crippen LogP contribution in [0.25, 0.3) is 10.8 Å². The van der Waals surface area contributed by atoms with E-state index in [0.717, 1.165) is 11.1 Å². The van der Waals surface area contributed by atoms with Crippen LogP contribution in [0.5, 0.6) is 0 Å². The first-order chi connectivity index (χ1) is 9.04. The van der Waals surface area contributed by atoms with Crippen LogP contribution in [0.3, 0.4) is 0 Å². The van der Waals surface area contributed by atoms with Crippen molar-refractivity contribution < 1.29 is 0 Å². The molecule has 0 aliphatic carbocycles. The number of fused-ring (bicyclic) bond motifs is 1. The largest absolute Gasteiger partial charge is 0.398 e. The van der Waals surface area contributed by atoms with Gasteiger partial charge in [0.25, 0.3) is 0 Å². The maximum Gasteiger partial charge on any atom is 0.0396 e. The van der Waals surface area contributed by atoms with Crippen molar-refractivity contribution in [3.8, 4) is 0 Å². The highest BCUT2D eigenvalue weighted by molar-refractivity contribution is 5.93. The van der Waals surface area contributed by atoms with Crippen molar-refractivity contribution in [2.45, 2.75) is 51.9 Å². The fourth-order valence-corrected chi connectivity index (χ4v) is 2.69. The summed E-state index contributed by atoms with van der Waals surface area (Å²) in [5.74, 6) is 0. The average molecular weight is 255 g/mol. The van der Waals surface area contributed by atoms with Gasteiger partial charge in [0.1, 0.15) is 0 Å². The normalized spacial score (nSPS) is 11.9. The zero-order valence-electron chi connectivity index (χ0n) is 12.4. The van der Waals surface area contributed by atoms with Crippen molar-refractivity contribution in [2.75, 3.05) is 5.73 Å². The van der Waals surface area contributed by atoms with Gasteiger partial charge in [-0.05, 0) is 28.9 Å². The summed E-state index contributed by atoms with van der Waals surface area (Å²) >= 11 is 0. The van der Waals surface area contributed by atoms with Crippen LogP contribution in [-0.2, 0) is 5.41 Å². The van der Waals surface area contributed by atoms with Crippen LogP contribution in [0.15, 0.2) is 36.4 Å². The van der Waals surface area contributed by atoms with Crippen LogP contribution in [0.2, 0.25) is 0 Å². The summed E-state index contributed by atoms with van der Waals surface area (Å²) in [7, 11) is 0. The predicted molar refractivity (Wildman–Crippen MR) is 85.5 cm³/mol. The maximum atomic E-state index is 6.21. The molecule has 0 aliphatic heterocycles. The number of hydrogen-bond acceptors (Lipinski definition) is 1. The lowest BCUT2D eigenvalue weighted by atomic mass is 9.79. The zero-order valence-corrected chi connectivity index (χ0v) is 12.4. The third-order valence-electron chi connectivity index (χ3n) is 4.08. The Bertz CT molecular complexity index is 555. The molecule has 0 radical (unpaired) electrons. The number of anilines is 1. The van der Waals surface area contributed by atoms with Gasteiger partial charge >= 0.3 is 0 Å². The quantitative estimate of drug-likeness (QED) is 0.571. The second kappa shape index (κ2) is 5.64. The molecule has 1 nitrogen and oxygen atoms in total. The molecule has 0 spiro atoms. The third-order valence-corrected chi connectivity index (χ3v) is 4.08. The van der Waals surface area contributed by atoms with E-state index in [1.807, 2.05) is 6.07 Å². The Kier molecular flexibility index (Phi) is 4.14. The predicted octanol–water partition coefficient (Wildman–Crippen LogP) is 5.28. The van der Waals surface area contributed by atoms with E-state index in [1.54, 1.807) is 0 Å². The topological polar surface area (TPSA) is 26.0 Å². The van der Waals surface area contributed by atoms with E-state index in [2.05, 4.69) is 51.1 Å². The minimum atomic E-state index is 0.202. The van der Waals surface area contributed by atoms with Gasteiger partial charge in [0.2, 0.25) is 0 Å². The molecule has 0 aliphatic rings. The summed E-state index contributed by atoms with van der Waals surface area (Å²) < 4.78 is 0. The van der Waals surface area contributed by atoms with Crippen LogP contribution in [-0.4, -0.2) is 0 Å². The standard InChI is InChI=1S/C18H25N/c1-4-5-8-11-18(2,3)15-12-14-9-6-7-10-16(14)17(19)13-15/h6-7,9-10,12-13H,4-5,8,11,19H2,1-3H3. The highest BCUT2D eigenvalue weighted by Gasteiger charge is 2.21. The van der Waals surface area contributed by atoms with Crippen molar-refractivity contribution in [3.05, 3.63) is 42.0 Å². The number of nitrogens with two attached hydrogens (primary N) is 1. The van der Waals surface area contributed by atoms with Crippen LogP contribution in [0, 0.1) is 0 Å². The second-order valence-corrected chi connectivity index (χ2v) is 6.13. The summed E-state index contributed by atoms with van der Waals surface area (Å²) in [6.45, 7) is 6.90. The first-order valence-electron chi connectivity index (χ1n) is 7.33. The Labute approximate surface area is 116 Å². The van der Waals surface area contributed by atoms with E-state index in [0.29, 0.717) is 0 Å². The summed E-state index contributed by atoms with van der Waals surface area (Å²) in [5, 5.41) is 2.41. The van der Waals surface area contributed by atoms with Gasteiger partial charge in [-0.15, -0.1) is 0 Å². The Hall–Kier alpha value is -1.50. The molecule has 2 rings (SSSR count). The van der Waals surface area contributed by atoms with Crippen molar-refractivity contribution in [1.29, 1.82) is 0 Å². The van der Waals surface area contributed by atoms with Gasteiger partial charge in [0.05, 0.1) is 0 Å². The first kappa shape index (κ1) is 13.9. The number of hydrogen-bond donors (Lipinski definition) is 1. The monoisotopic (exact) mass is 255 g/mol.